The van der Waals surface area contributed by atoms with Crippen LogP contribution in [0.2, 0.25) is 5.02 Å². The summed E-state index contributed by atoms with van der Waals surface area (Å²) in [6.07, 6.45) is 2.22. The lowest BCUT2D eigenvalue weighted by atomic mass is 10.2. The van der Waals surface area contributed by atoms with E-state index in [1.54, 1.807) is 11.9 Å². The van der Waals surface area contributed by atoms with Crippen LogP contribution in [0.15, 0.2) is 29.4 Å². The van der Waals surface area contributed by atoms with Gasteiger partial charge in [0.2, 0.25) is 11.1 Å². The third-order valence-corrected chi connectivity index (χ3v) is 4.76. The fourth-order valence-electron chi connectivity index (χ4n) is 2.04. The maximum Gasteiger partial charge on any atom is 0.233 e. The van der Waals surface area contributed by atoms with Crippen LogP contribution in [0, 0.1) is 0 Å². The van der Waals surface area contributed by atoms with E-state index in [1.165, 1.54) is 11.8 Å². The molecule has 1 heterocycles. The van der Waals surface area contributed by atoms with Crippen LogP contribution in [0.3, 0.4) is 0 Å². The summed E-state index contributed by atoms with van der Waals surface area (Å²) in [5.74, 6) is 0.337. The molecule has 3 rings (SSSR count). The molecule has 8 heteroatoms. The molecule has 1 amide bonds. The van der Waals surface area contributed by atoms with Crippen LogP contribution in [0.5, 0.6) is 0 Å². The molecule has 2 aromatic rings. The summed E-state index contributed by atoms with van der Waals surface area (Å²) < 4.78 is 1.81. The Hall–Kier alpha value is -1.60. The second-order valence-corrected chi connectivity index (χ2v) is 6.62. The molecule has 1 fully saturated rings. The van der Waals surface area contributed by atoms with Crippen molar-refractivity contribution in [2.75, 3.05) is 12.8 Å². The van der Waals surface area contributed by atoms with Crippen LogP contribution < -0.4 is 0 Å². The second-order valence-electron chi connectivity index (χ2n) is 5.27. The number of rotatable bonds is 6. The minimum absolute atomic E-state index is 0.0234. The predicted molar refractivity (Wildman–Crippen MR) is 84.7 cm³/mol. The summed E-state index contributed by atoms with van der Waals surface area (Å²) in [4.78, 5) is 13.9. The summed E-state index contributed by atoms with van der Waals surface area (Å²) in [7, 11) is 1.77. The van der Waals surface area contributed by atoms with Crippen LogP contribution in [-0.2, 0) is 11.3 Å². The molecule has 0 bridgehead atoms. The molecule has 0 N–H and O–H groups in total. The molecular weight excluding hydrogens is 322 g/mol. The van der Waals surface area contributed by atoms with Crippen LogP contribution in [-0.4, -0.2) is 43.8 Å². The molecule has 0 unspecified atom stereocenters. The monoisotopic (exact) mass is 337 g/mol. The Morgan fingerprint density at radius 2 is 2.23 bits per heavy atom. The molecule has 0 saturated heterocycles. The number of hydrogen-bond acceptors (Lipinski definition) is 5. The SMILES string of the molecule is CN(Cc1ccccc1Cl)C(=O)CSc1nnnn1C1CC1. The smallest absolute Gasteiger partial charge is 0.233 e. The van der Waals surface area contributed by atoms with E-state index in [4.69, 9.17) is 11.6 Å². The van der Waals surface area contributed by atoms with Crippen LogP contribution in [0.4, 0.5) is 0 Å². The molecule has 1 aliphatic rings. The number of amides is 1. The quantitative estimate of drug-likeness (QED) is 0.757. The number of carbonyl (C=O) groups excluding carboxylic acids is 1. The third kappa shape index (κ3) is 3.59. The van der Waals surface area contributed by atoms with Gasteiger partial charge in [0.25, 0.3) is 0 Å². The van der Waals surface area contributed by atoms with Gasteiger partial charge in [-0.3, -0.25) is 4.79 Å². The summed E-state index contributed by atoms with van der Waals surface area (Å²) in [6, 6.07) is 7.95. The molecular formula is C14H16ClN5OS. The number of hydrogen-bond donors (Lipinski definition) is 0. The van der Waals surface area contributed by atoms with Gasteiger partial charge in [0.15, 0.2) is 0 Å². The van der Waals surface area contributed by atoms with Crippen molar-refractivity contribution in [3.63, 3.8) is 0 Å². The number of carbonyl (C=O) groups is 1. The van der Waals surface area contributed by atoms with E-state index in [1.807, 2.05) is 28.9 Å². The van der Waals surface area contributed by atoms with Crippen molar-refractivity contribution in [3.8, 4) is 0 Å². The van der Waals surface area contributed by atoms with Crippen LogP contribution in [0.25, 0.3) is 0 Å². The first-order chi connectivity index (χ1) is 10.6. The lowest BCUT2D eigenvalue weighted by Crippen LogP contribution is -2.28. The number of benzene rings is 1. The Morgan fingerprint density at radius 1 is 1.45 bits per heavy atom. The van der Waals surface area contributed by atoms with Gasteiger partial charge in [-0.1, -0.05) is 41.6 Å². The molecule has 0 aliphatic heterocycles. The normalized spacial score (nSPS) is 14.1. The molecule has 1 aliphatic carbocycles. The Morgan fingerprint density at radius 3 is 2.95 bits per heavy atom. The van der Waals surface area contributed by atoms with Gasteiger partial charge in [-0.25, -0.2) is 4.68 Å². The Kier molecular flexibility index (Phi) is 4.63. The molecule has 0 spiro atoms. The van der Waals surface area contributed by atoms with Crippen molar-refractivity contribution in [1.29, 1.82) is 0 Å². The predicted octanol–water partition coefficient (Wildman–Crippen LogP) is 2.41. The lowest BCUT2D eigenvalue weighted by Gasteiger charge is -2.17. The van der Waals surface area contributed by atoms with Gasteiger partial charge < -0.3 is 4.90 Å². The number of nitrogens with zero attached hydrogens (tertiary/aromatic N) is 5. The van der Waals surface area contributed by atoms with E-state index >= 15 is 0 Å². The zero-order chi connectivity index (χ0) is 15.5. The van der Waals surface area contributed by atoms with Gasteiger partial charge in [-0.05, 0) is 34.9 Å². The first kappa shape index (κ1) is 15.3. The molecule has 22 heavy (non-hydrogen) atoms. The van der Waals surface area contributed by atoms with Gasteiger partial charge >= 0.3 is 0 Å². The van der Waals surface area contributed by atoms with Gasteiger partial charge in [-0.15, -0.1) is 5.10 Å². The summed E-state index contributed by atoms with van der Waals surface area (Å²) in [6.45, 7) is 0.493. The minimum atomic E-state index is 0.0234. The largest absolute Gasteiger partial charge is 0.341 e. The molecule has 6 nitrogen and oxygen atoms in total. The zero-order valence-corrected chi connectivity index (χ0v) is 13.7. The van der Waals surface area contributed by atoms with Crippen molar-refractivity contribution in [1.82, 2.24) is 25.1 Å². The Labute approximate surface area is 137 Å². The van der Waals surface area contributed by atoms with Crippen LogP contribution in [0.1, 0.15) is 24.4 Å². The molecule has 116 valence electrons. The minimum Gasteiger partial charge on any atom is -0.341 e. The summed E-state index contributed by atoms with van der Waals surface area (Å²) >= 11 is 7.50. The molecule has 1 aromatic heterocycles. The van der Waals surface area contributed by atoms with E-state index in [-0.39, 0.29) is 5.91 Å². The van der Waals surface area contributed by atoms with Crippen LogP contribution >= 0.6 is 23.4 Å². The molecule has 1 aromatic carbocycles. The maximum atomic E-state index is 12.2. The van der Waals surface area contributed by atoms with E-state index in [0.29, 0.717) is 28.5 Å². The average molecular weight is 338 g/mol. The lowest BCUT2D eigenvalue weighted by molar-refractivity contribution is -0.127. The van der Waals surface area contributed by atoms with Crippen molar-refractivity contribution in [3.05, 3.63) is 34.9 Å². The fourth-order valence-corrected chi connectivity index (χ4v) is 3.12. The number of tetrazole rings is 1. The molecule has 0 radical (unpaired) electrons. The first-order valence-electron chi connectivity index (χ1n) is 7.03. The maximum absolute atomic E-state index is 12.2. The topological polar surface area (TPSA) is 63.9 Å². The first-order valence-corrected chi connectivity index (χ1v) is 8.39. The molecule has 1 saturated carbocycles. The van der Waals surface area contributed by atoms with Gasteiger partial charge in [0, 0.05) is 18.6 Å². The second kappa shape index (κ2) is 6.66. The molecule has 0 atom stereocenters. The van der Waals surface area contributed by atoms with Crippen molar-refractivity contribution >= 4 is 29.3 Å². The van der Waals surface area contributed by atoms with Gasteiger partial charge in [0.1, 0.15) is 0 Å². The number of thioether (sulfide) groups is 1. The Balaban J connectivity index is 1.55. The van der Waals surface area contributed by atoms with Gasteiger partial charge in [-0.2, -0.15) is 0 Å². The number of aromatic nitrogens is 4. The zero-order valence-electron chi connectivity index (χ0n) is 12.1. The highest BCUT2D eigenvalue weighted by Crippen LogP contribution is 2.36. The van der Waals surface area contributed by atoms with Crippen molar-refractivity contribution < 1.29 is 4.79 Å². The van der Waals surface area contributed by atoms with E-state index in [0.717, 1.165) is 18.4 Å². The highest BCUT2D eigenvalue weighted by Gasteiger charge is 2.28. The highest BCUT2D eigenvalue weighted by atomic mass is 35.5. The van der Waals surface area contributed by atoms with Crippen molar-refractivity contribution in [2.45, 2.75) is 30.6 Å². The number of halogens is 1. The van der Waals surface area contributed by atoms with E-state index in [9.17, 15) is 4.79 Å². The standard InChI is InChI=1S/C14H16ClN5OS/c1-19(8-10-4-2-3-5-12(10)15)13(21)9-22-14-16-17-18-20(14)11-6-7-11/h2-5,11H,6-9H2,1H3. The van der Waals surface area contributed by atoms with Crippen molar-refractivity contribution in [2.24, 2.45) is 0 Å². The fraction of sp³-hybridized carbons (Fsp3) is 0.429. The van der Waals surface area contributed by atoms with Gasteiger partial charge in [0.05, 0.1) is 11.8 Å². The summed E-state index contributed by atoms with van der Waals surface area (Å²) in [5.41, 5.74) is 0.938. The third-order valence-electron chi connectivity index (χ3n) is 3.47. The average Bonchev–Trinajstić information content (AvgIpc) is 3.25. The summed E-state index contributed by atoms with van der Waals surface area (Å²) in [5, 5.41) is 13.0. The Bertz CT molecular complexity index is 673. The van der Waals surface area contributed by atoms with E-state index < -0.39 is 0 Å². The van der Waals surface area contributed by atoms with E-state index in [2.05, 4.69) is 15.5 Å². The highest BCUT2D eigenvalue weighted by molar-refractivity contribution is 7.99.